The van der Waals surface area contributed by atoms with Gasteiger partial charge in [0.05, 0.1) is 0 Å². The largest absolute Gasteiger partial charge is 0.298 e. The van der Waals surface area contributed by atoms with Crippen molar-refractivity contribution in [3.8, 4) is 0 Å². The van der Waals surface area contributed by atoms with E-state index >= 15 is 0 Å². The summed E-state index contributed by atoms with van der Waals surface area (Å²) in [5.74, 6) is 1.98. The second-order valence-corrected chi connectivity index (χ2v) is 5.95. The maximum atomic E-state index is 2.64. The third-order valence-corrected chi connectivity index (χ3v) is 4.28. The second kappa shape index (κ2) is 2.06. The number of hydrogen-bond donors (Lipinski definition) is 0. The number of nitrogens with zero attached hydrogens (tertiary/aromatic N) is 1. The Morgan fingerprint density at radius 3 is 2.25 bits per heavy atom. The van der Waals surface area contributed by atoms with Gasteiger partial charge in [0.2, 0.25) is 0 Å². The van der Waals surface area contributed by atoms with Gasteiger partial charge in [0.15, 0.2) is 0 Å². The average Bonchev–Trinajstić information content (AvgIpc) is 2.34. The van der Waals surface area contributed by atoms with Crippen molar-refractivity contribution in [2.24, 2.45) is 17.3 Å². The van der Waals surface area contributed by atoms with Gasteiger partial charge >= 0.3 is 0 Å². The standard InChI is InChI=1S/C11H21N/c1-8-9-6-12(10(2,3)4)7-11(8,9)5/h8-9H,6-7H2,1-5H3/t8-,9-,11+/m0/s1. The van der Waals surface area contributed by atoms with E-state index in [1.165, 1.54) is 13.1 Å². The topological polar surface area (TPSA) is 3.24 Å². The van der Waals surface area contributed by atoms with Crippen LogP contribution in [0.5, 0.6) is 0 Å². The first kappa shape index (κ1) is 8.55. The van der Waals surface area contributed by atoms with Crippen molar-refractivity contribution in [1.82, 2.24) is 4.90 Å². The lowest BCUT2D eigenvalue weighted by Gasteiger charge is -2.34. The van der Waals surface area contributed by atoms with Gasteiger partial charge < -0.3 is 0 Å². The molecule has 0 amide bonds. The summed E-state index contributed by atoms with van der Waals surface area (Å²) >= 11 is 0. The molecule has 2 fully saturated rings. The summed E-state index contributed by atoms with van der Waals surface area (Å²) < 4.78 is 0. The lowest BCUT2D eigenvalue weighted by molar-refractivity contribution is 0.137. The molecule has 0 spiro atoms. The molecule has 2 aliphatic rings. The van der Waals surface area contributed by atoms with Crippen LogP contribution in [0.4, 0.5) is 0 Å². The molecule has 1 aliphatic heterocycles. The molecule has 0 aromatic heterocycles. The lowest BCUT2D eigenvalue weighted by Crippen LogP contribution is -2.42. The van der Waals surface area contributed by atoms with Crippen molar-refractivity contribution in [2.75, 3.05) is 13.1 Å². The summed E-state index contributed by atoms with van der Waals surface area (Å²) in [4.78, 5) is 2.64. The SMILES string of the molecule is C[C@H]1[C@@H]2CN(C(C)(C)C)C[C@]12C. The van der Waals surface area contributed by atoms with Gasteiger partial charge in [-0.2, -0.15) is 0 Å². The fourth-order valence-corrected chi connectivity index (χ4v) is 2.76. The van der Waals surface area contributed by atoms with E-state index in [1.54, 1.807) is 0 Å². The van der Waals surface area contributed by atoms with E-state index in [9.17, 15) is 0 Å². The highest BCUT2D eigenvalue weighted by Gasteiger charge is 2.63. The van der Waals surface area contributed by atoms with E-state index in [4.69, 9.17) is 0 Å². The molecule has 1 saturated heterocycles. The van der Waals surface area contributed by atoms with Gasteiger partial charge in [-0.1, -0.05) is 13.8 Å². The zero-order chi connectivity index (χ0) is 9.15. The Kier molecular flexibility index (Phi) is 1.47. The Hall–Kier alpha value is -0.0400. The maximum Gasteiger partial charge on any atom is 0.0125 e. The molecule has 0 aromatic carbocycles. The fraction of sp³-hybridized carbons (Fsp3) is 1.00. The highest BCUT2D eigenvalue weighted by atomic mass is 15.2. The van der Waals surface area contributed by atoms with E-state index in [2.05, 4.69) is 39.5 Å². The molecule has 1 saturated carbocycles. The minimum absolute atomic E-state index is 0.385. The van der Waals surface area contributed by atoms with Crippen LogP contribution in [0.15, 0.2) is 0 Å². The Morgan fingerprint density at radius 1 is 1.33 bits per heavy atom. The van der Waals surface area contributed by atoms with Crippen LogP contribution in [0.1, 0.15) is 34.6 Å². The van der Waals surface area contributed by atoms with Crippen LogP contribution in [-0.2, 0) is 0 Å². The fourth-order valence-electron chi connectivity index (χ4n) is 2.76. The van der Waals surface area contributed by atoms with Crippen LogP contribution in [0.3, 0.4) is 0 Å². The molecule has 1 aliphatic carbocycles. The highest BCUT2D eigenvalue weighted by molar-refractivity contribution is 5.14. The van der Waals surface area contributed by atoms with E-state index in [0.717, 1.165) is 11.8 Å². The molecule has 2 rings (SSSR count). The minimum atomic E-state index is 0.385. The van der Waals surface area contributed by atoms with E-state index in [-0.39, 0.29) is 0 Å². The number of likely N-dealkylation sites (tertiary alicyclic amines) is 1. The molecule has 1 nitrogen and oxygen atoms in total. The third-order valence-electron chi connectivity index (χ3n) is 4.28. The average molecular weight is 167 g/mol. The molecule has 0 unspecified atom stereocenters. The minimum Gasteiger partial charge on any atom is -0.298 e. The first-order valence-electron chi connectivity index (χ1n) is 5.11. The Balaban J connectivity index is 2.04. The number of hydrogen-bond acceptors (Lipinski definition) is 1. The van der Waals surface area contributed by atoms with Crippen LogP contribution < -0.4 is 0 Å². The van der Waals surface area contributed by atoms with Gasteiger partial charge in [-0.15, -0.1) is 0 Å². The van der Waals surface area contributed by atoms with Crippen molar-refractivity contribution in [2.45, 2.75) is 40.2 Å². The van der Waals surface area contributed by atoms with Crippen LogP contribution in [0.25, 0.3) is 0 Å². The first-order valence-corrected chi connectivity index (χ1v) is 5.11. The van der Waals surface area contributed by atoms with Crippen LogP contribution in [0, 0.1) is 17.3 Å². The molecular formula is C11H21N. The van der Waals surface area contributed by atoms with E-state index in [0.29, 0.717) is 11.0 Å². The molecular weight excluding hydrogens is 146 g/mol. The monoisotopic (exact) mass is 167 g/mol. The third kappa shape index (κ3) is 0.953. The van der Waals surface area contributed by atoms with Gasteiger partial charge in [0, 0.05) is 18.6 Å². The van der Waals surface area contributed by atoms with Gasteiger partial charge in [-0.25, -0.2) is 0 Å². The first-order chi connectivity index (χ1) is 5.36. The van der Waals surface area contributed by atoms with Crippen molar-refractivity contribution in [1.29, 1.82) is 0 Å². The van der Waals surface area contributed by atoms with E-state index in [1.807, 2.05) is 0 Å². The van der Waals surface area contributed by atoms with Crippen molar-refractivity contribution in [3.05, 3.63) is 0 Å². The van der Waals surface area contributed by atoms with Gasteiger partial charge in [-0.3, -0.25) is 4.90 Å². The molecule has 0 aromatic rings. The zero-order valence-electron chi connectivity index (χ0n) is 9.02. The Labute approximate surface area is 76.1 Å². The Bertz CT molecular complexity index is 204. The molecule has 1 heterocycles. The van der Waals surface area contributed by atoms with Crippen LogP contribution >= 0.6 is 0 Å². The predicted molar refractivity (Wildman–Crippen MR) is 52.1 cm³/mol. The summed E-state index contributed by atoms with van der Waals surface area (Å²) in [7, 11) is 0. The Morgan fingerprint density at radius 2 is 1.92 bits per heavy atom. The number of piperidine rings is 1. The normalized spacial score (nSPS) is 47.8. The van der Waals surface area contributed by atoms with Crippen molar-refractivity contribution < 1.29 is 0 Å². The summed E-state index contributed by atoms with van der Waals surface area (Å²) in [6.07, 6.45) is 0. The molecule has 70 valence electrons. The summed E-state index contributed by atoms with van der Waals surface area (Å²) in [6, 6.07) is 0. The van der Waals surface area contributed by atoms with Crippen molar-refractivity contribution in [3.63, 3.8) is 0 Å². The van der Waals surface area contributed by atoms with Crippen LogP contribution in [-0.4, -0.2) is 23.5 Å². The molecule has 0 bridgehead atoms. The highest BCUT2D eigenvalue weighted by Crippen LogP contribution is 2.63. The summed E-state index contributed by atoms with van der Waals surface area (Å²) in [6.45, 7) is 14.5. The van der Waals surface area contributed by atoms with Gasteiger partial charge in [-0.05, 0) is 38.0 Å². The van der Waals surface area contributed by atoms with Gasteiger partial charge in [0.25, 0.3) is 0 Å². The number of fused-ring (bicyclic) bond motifs is 1. The molecule has 0 radical (unpaired) electrons. The lowest BCUT2D eigenvalue weighted by atomic mass is 10.0. The zero-order valence-corrected chi connectivity index (χ0v) is 9.02. The van der Waals surface area contributed by atoms with Gasteiger partial charge in [0.1, 0.15) is 0 Å². The molecule has 1 heteroatoms. The molecule has 3 atom stereocenters. The molecule has 0 N–H and O–H groups in total. The smallest absolute Gasteiger partial charge is 0.0125 e. The summed E-state index contributed by atoms with van der Waals surface area (Å²) in [5, 5.41) is 0. The number of rotatable bonds is 0. The molecule has 12 heavy (non-hydrogen) atoms. The quantitative estimate of drug-likeness (QED) is 0.535. The van der Waals surface area contributed by atoms with E-state index < -0.39 is 0 Å². The predicted octanol–water partition coefficient (Wildman–Crippen LogP) is 2.37. The summed E-state index contributed by atoms with van der Waals surface area (Å²) in [5.41, 5.74) is 1.06. The second-order valence-electron chi connectivity index (χ2n) is 5.95. The van der Waals surface area contributed by atoms with Crippen LogP contribution in [0.2, 0.25) is 0 Å². The van der Waals surface area contributed by atoms with Crippen molar-refractivity contribution >= 4 is 0 Å². The maximum absolute atomic E-state index is 2.64.